The van der Waals surface area contributed by atoms with E-state index < -0.39 is 15.2 Å². The van der Waals surface area contributed by atoms with E-state index in [1.54, 1.807) is 27.7 Å². The molecule has 0 aliphatic carbocycles. The van der Waals surface area contributed by atoms with E-state index in [1.165, 1.54) is 0 Å². The quantitative estimate of drug-likeness (QED) is 0.456. The van der Waals surface area contributed by atoms with Crippen LogP contribution in [0.1, 0.15) is 27.7 Å². The van der Waals surface area contributed by atoms with Crippen LogP contribution in [0.4, 0.5) is 0 Å². The molecule has 18 heavy (non-hydrogen) atoms. The molecule has 0 aliphatic heterocycles. The molecule has 0 spiro atoms. The summed E-state index contributed by atoms with van der Waals surface area (Å²) in [5.41, 5.74) is 0. The van der Waals surface area contributed by atoms with Crippen molar-refractivity contribution in [2.45, 2.75) is 27.7 Å². The molecule has 105 valence electrons. The first-order valence-corrected chi connectivity index (χ1v) is 9.17. The average Bonchev–Trinajstić information content (AvgIpc) is 2.17. The monoisotopic (exact) mass is 311 g/mol. The van der Waals surface area contributed by atoms with E-state index in [0.717, 1.165) is 0 Å². The second-order valence-electron chi connectivity index (χ2n) is 3.03. The van der Waals surface area contributed by atoms with Crippen LogP contribution in [-0.4, -0.2) is 61.9 Å². The average molecular weight is 311 g/mol. The van der Waals surface area contributed by atoms with Crippen LogP contribution in [0.15, 0.2) is 0 Å². The second kappa shape index (κ2) is 11.0. The first-order chi connectivity index (χ1) is 7.95. The van der Waals surface area contributed by atoms with Gasteiger partial charge >= 0.3 is 15.2 Å². The third-order valence-corrected chi connectivity index (χ3v) is 7.03. The molecule has 0 fully saturated rings. The predicted molar refractivity (Wildman–Crippen MR) is 72.3 cm³/mol. The minimum atomic E-state index is -3.41. The molecule has 0 unspecified atom stereocenters. The van der Waals surface area contributed by atoms with E-state index in [2.05, 4.69) is 0 Å². The normalized spacial score (nSPS) is 12.2. The van der Waals surface area contributed by atoms with Crippen molar-refractivity contribution in [1.29, 1.82) is 0 Å². The summed E-state index contributed by atoms with van der Waals surface area (Å²) in [6.07, 6.45) is 0. The Morgan fingerprint density at radius 3 is 1.06 bits per heavy atom. The summed E-state index contributed by atoms with van der Waals surface area (Å²) in [7, 11) is -6.83. The zero-order valence-corrected chi connectivity index (χ0v) is 15.7. The van der Waals surface area contributed by atoms with Crippen molar-refractivity contribution >= 4 is 44.7 Å². The van der Waals surface area contributed by atoms with E-state index in [9.17, 15) is 9.13 Å². The largest absolute Gasteiger partial charge is 0.342 e. The Kier molecular flexibility index (Phi) is 13.2. The molecule has 0 amide bonds. The zero-order chi connectivity index (χ0) is 13.4. The molecular formula is C9H22NaO6P2. The van der Waals surface area contributed by atoms with Gasteiger partial charge in [0.15, 0.2) is 5.90 Å². The molecule has 0 aliphatic rings. The molecule has 0 bridgehead atoms. The predicted octanol–water partition coefficient (Wildman–Crippen LogP) is 3.10. The fourth-order valence-corrected chi connectivity index (χ4v) is 5.96. The minimum absolute atomic E-state index is 0. The van der Waals surface area contributed by atoms with Crippen molar-refractivity contribution in [2.24, 2.45) is 0 Å². The molecule has 0 N–H and O–H groups in total. The standard InChI is InChI=1S/C9H22O6P2.Na/c1-5-12-16(10,13-6-2)9-17(11,14-7-3)15-8-4;/h5-9H2,1-4H3;. The van der Waals surface area contributed by atoms with Gasteiger partial charge in [0.25, 0.3) is 0 Å². The summed E-state index contributed by atoms with van der Waals surface area (Å²) >= 11 is 0. The van der Waals surface area contributed by atoms with Crippen LogP contribution in [0.2, 0.25) is 0 Å². The Labute approximate surface area is 131 Å². The van der Waals surface area contributed by atoms with Gasteiger partial charge < -0.3 is 18.1 Å². The minimum Gasteiger partial charge on any atom is -0.308 e. The molecule has 6 nitrogen and oxygen atoms in total. The van der Waals surface area contributed by atoms with Gasteiger partial charge in [-0.25, -0.2) is 0 Å². The molecule has 0 atom stereocenters. The molecule has 0 aromatic heterocycles. The first kappa shape index (κ1) is 21.6. The Hall–Kier alpha value is 1.30. The van der Waals surface area contributed by atoms with Gasteiger partial charge in [-0.05, 0) is 27.7 Å². The molecule has 0 aromatic carbocycles. The van der Waals surface area contributed by atoms with E-state index in [1.807, 2.05) is 0 Å². The molecule has 0 heterocycles. The van der Waals surface area contributed by atoms with Gasteiger partial charge in [-0.2, -0.15) is 0 Å². The summed E-state index contributed by atoms with van der Waals surface area (Å²) in [6, 6.07) is 0. The second-order valence-corrected chi connectivity index (χ2v) is 7.64. The molecule has 1 radical (unpaired) electrons. The van der Waals surface area contributed by atoms with Gasteiger partial charge in [-0.1, -0.05) is 0 Å². The SMILES string of the molecule is CCOP(=O)(CP(=O)(OCC)OCC)OCC.[Na]. The van der Waals surface area contributed by atoms with Gasteiger partial charge in [0.1, 0.15) is 0 Å². The van der Waals surface area contributed by atoms with Crippen molar-refractivity contribution in [3.63, 3.8) is 0 Å². The Morgan fingerprint density at radius 2 is 0.889 bits per heavy atom. The molecule has 9 heteroatoms. The summed E-state index contributed by atoms with van der Waals surface area (Å²) < 4.78 is 44.6. The van der Waals surface area contributed by atoms with Crippen LogP contribution >= 0.6 is 15.2 Å². The smallest absolute Gasteiger partial charge is 0.308 e. The molecule has 0 saturated heterocycles. The van der Waals surface area contributed by atoms with Crippen molar-refractivity contribution < 1.29 is 27.2 Å². The van der Waals surface area contributed by atoms with Crippen LogP contribution in [0, 0.1) is 0 Å². The van der Waals surface area contributed by atoms with Crippen LogP contribution in [0.25, 0.3) is 0 Å². The summed E-state index contributed by atoms with van der Waals surface area (Å²) in [4.78, 5) is 0. The number of hydrogen-bond acceptors (Lipinski definition) is 6. The number of hydrogen-bond donors (Lipinski definition) is 0. The molecule has 0 rings (SSSR count). The maximum atomic E-state index is 12.2. The molecule has 0 saturated carbocycles. The Bertz CT molecular complexity index is 251. The van der Waals surface area contributed by atoms with Crippen LogP contribution in [0.3, 0.4) is 0 Å². The number of rotatable bonds is 10. The van der Waals surface area contributed by atoms with E-state index in [-0.39, 0.29) is 61.9 Å². The fraction of sp³-hybridized carbons (Fsp3) is 1.00. The van der Waals surface area contributed by atoms with E-state index in [4.69, 9.17) is 18.1 Å². The summed E-state index contributed by atoms with van der Waals surface area (Å²) in [5.74, 6) is -0.344. The van der Waals surface area contributed by atoms with E-state index in [0.29, 0.717) is 0 Å². The van der Waals surface area contributed by atoms with Gasteiger partial charge in [-0.15, -0.1) is 0 Å². The Morgan fingerprint density at radius 1 is 0.667 bits per heavy atom. The van der Waals surface area contributed by atoms with Crippen LogP contribution < -0.4 is 0 Å². The third-order valence-electron chi connectivity index (χ3n) is 1.65. The van der Waals surface area contributed by atoms with Crippen molar-refractivity contribution in [3.8, 4) is 0 Å². The van der Waals surface area contributed by atoms with Crippen molar-refractivity contribution in [3.05, 3.63) is 0 Å². The van der Waals surface area contributed by atoms with Crippen molar-refractivity contribution in [1.82, 2.24) is 0 Å². The van der Waals surface area contributed by atoms with Crippen LogP contribution in [-0.2, 0) is 27.2 Å². The maximum Gasteiger partial charge on any atom is 0.342 e. The zero-order valence-electron chi connectivity index (χ0n) is 11.9. The van der Waals surface area contributed by atoms with Crippen molar-refractivity contribution in [2.75, 3.05) is 32.3 Å². The van der Waals surface area contributed by atoms with Gasteiger partial charge in [0.05, 0.1) is 26.4 Å². The summed E-state index contributed by atoms with van der Waals surface area (Å²) in [6.45, 7) is 7.64. The van der Waals surface area contributed by atoms with E-state index >= 15 is 0 Å². The molecular weight excluding hydrogens is 289 g/mol. The third kappa shape index (κ3) is 8.47. The van der Waals surface area contributed by atoms with Gasteiger partial charge in [-0.3, -0.25) is 9.13 Å². The van der Waals surface area contributed by atoms with Gasteiger partial charge in [0.2, 0.25) is 0 Å². The summed E-state index contributed by atoms with van der Waals surface area (Å²) in [5, 5.41) is 0. The Balaban J connectivity index is 0. The maximum absolute atomic E-state index is 12.2. The molecule has 0 aromatic rings. The van der Waals surface area contributed by atoms with Gasteiger partial charge in [0, 0.05) is 29.6 Å². The van der Waals surface area contributed by atoms with Crippen LogP contribution in [0.5, 0.6) is 0 Å². The fourth-order valence-electron chi connectivity index (χ4n) is 1.24. The first-order valence-electron chi connectivity index (χ1n) is 5.71. The topological polar surface area (TPSA) is 71.1 Å².